The summed E-state index contributed by atoms with van der Waals surface area (Å²) in [5.41, 5.74) is -37.2. The molecule has 46 heavy (non-hydrogen) atoms. The van der Waals surface area contributed by atoms with Crippen molar-refractivity contribution in [2.45, 2.75) is 33.0 Å². The molecule has 0 heterocycles. The maximum atomic E-state index is 11.4. The van der Waals surface area contributed by atoms with E-state index in [4.69, 9.17) is 0 Å². The number of hydrogen-bond acceptors (Lipinski definition) is 12. The first-order valence-corrected chi connectivity index (χ1v) is 16.4. The molecule has 0 rings (SSSR count). The van der Waals surface area contributed by atoms with E-state index >= 15 is 0 Å². The summed E-state index contributed by atoms with van der Waals surface area (Å²) in [6.07, 6.45) is 0. The van der Waals surface area contributed by atoms with Crippen molar-refractivity contribution < 1.29 is 147 Å². The predicted octanol–water partition coefficient (Wildman–Crippen LogP) is 3.18. The zero-order chi connectivity index (χ0) is 38.1. The number of halogens is 18. The third-order valence-corrected chi connectivity index (χ3v) is 10.6. The first-order chi connectivity index (χ1) is 18.6. The summed E-state index contributed by atoms with van der Waals surface area (Å²) in [6.45, 7) is 0. The zero-order valence-corrected chi connectivity index (χ0v) is 25.1. The first kappa shape index (κ1) is 51.7. The van der Waals surface area contributed by atoms with Crippen LogP contribution in [0.2, 0.25) is 0 Å². The molecule has 0 unspecified atom stereocenters. The van der Waals surface area contributed by atoms with Crippen LogP contribution in [0.4, 0.5) is 79.0 Å². The Morgan fingerprint density at radius 2 is 0.304 bits per heavy atom. The monoisotopic (exact) mass is 892 g/mol. The third kappa shape index (κ3) is 15.0. The van der Waals surface area contributed by atoms with Crippen LogP contribution in [0.5, 0.6) is 0 Å². The van der Waals surface area contributed by atoms with Gasteiger partial charge in [-0.1, -0.05) is 0 Å². The molecule has 0 spiro atoms. The molecule has 0 aliphatic rings. The third-order valence-electron chi connectivity index (χ3n) is 2.34. The average molecular weight is 892 g/mol. The van der Waals surface area contributed by atoms with Gasteiger partial charge in [0.05, 0.1) is 0 Å². The summed E-state index contributed by atoms with van der Waals surface area (Å²) in [5.74, 6) is 0. The maximum absolute atomic E-state index is 11.4. The SMILES string of the molecule is O=S(=O)([N-]S(=O)(=O)C(F)(F)F)C(F)(F)F.O=S(=O)([N-]S(=O)(=O)C(F)(F)F)C(F)(F)F.O=S(=O)([N-]S(=O)(=O)C(F)(F)F)C(F)(F)F.[Cr+3]. The topological polar surface area (TPSA) is 247 Å². The number of rotatable bonds is 6. The van der Waals surface area contributed by atoms with Crippen molar-refractivity contribution in [3.05, 3.63) is 12.4 Å². The smallest absolute Gasteiger partial charge is 0.421 e. The molecular weight excluding hydrogens is 892 g/mol. The largest absolute Gasteiger partial charge is 3.00 e. The molecule has 0 aromatic carbocycles. The van der Waals surface area contributed by atoms with E-state index in [1.807, 2.05) is 0 Å². The number of nitrogens with zero attached hydrogens (tertiary/aromatic N) is 3. The second kappa shape index (κ2) is 14.8. The number of hydrogen-bond donors (Lipinski definition) is 0. The van der Waals surface area contributed by atoms with Crippen LogP contribution in [-0.4, -0.2) is 83.6 Å². The minimum absolute atomic E-state index is 0. The van der Waals surface area contributed by atoms with E-state index in [2.05, 4.69) is 0 Å². The van der Waals surface area contributed by atoms with E-state index in [1.165, 1.54) is 0 Å². The van der Waals surface area contributed by atoms with Gasteiger partial charge in [0.2, 0.25) is 0 Å². The molecule has 0 fully saturated rings. The molecule has 0 aromatic rings. The van der Waals surface area contributed by atoms with Gasteiger partial charge < -0.3 is 12.4 Å². The summed E-state index contributed by atoms with van der Waals surface area (Å²) in [7, 11) is -40.3. The van der Waals surface area contributed by atoms with Crippen molar-refractivity contribution in [2.75, 3.05) is 0 Å². The molecule has 0 aromatic heterocycles. The van der Waals surface area contributed by atoms with Gasteiger partial charge in [0.25, 0.3) is 0 Å². The van der Waals surface area contributed by atoms with Crippen LogP contribution in [0.3, 0.4) is 0 Å². The molecule has 0 atom stereocenters. The van der Waals surface area contributed by atoms with Crippen LogP contribution in [0, 0.1) is 0 Å². The van der Waals surface area contributed by atoms with Crippen LogP contribution in [0.1, 0.15) is 0 Å². The van der Waals surface area contributed by atoms with Gasteiger partial charge in [-0.05, 0) is 0 Å². The molecule has 1 radical (unpaired) electrons. The van der Waals surface area contributed by atoms with Gasteiger partial charge >= 0.3 is 50.4 Å². The summed E-state index contributed by atoms with van der Waals surface area (Å²) in [5, 5.41) is 0. The summed E-state index contributed by atoms with van der Waals surface area (Å²) in [4.78, 5) is 0. The van der Waals surface area contributed by atoms with Gasteiger partial charge in [-0.25, -0.2) is 50.5 Å². The van der Waals surface area contributed by atoms with Crippen LogP contribution in [-0.2, 0) is 77.5 Å². The molecule has 0 aliphatic heterocycles. The van der Waals surface area contributed by atoms with Crippen molar-refractivity contribution in [3.63, 3.8) is 0 Å². The molecule has 0 N–H and O–H groups in total. The summed E-state index contributed by atoms with van der Waals surface area (Å²) < 4.78 is 328. The molecule has 0 aliphatic carbocycles. The Hall–Kier alpha value is -1.15. The van der Waals surface area contributed by atoms with E-state index in [9.17, 15) is 130 Å². The van der Waals surface area contributed by atoms with Crippen molar-refractivity contribution in [1.82, 2.24) is 0 Å². The minimum atomic E-state index is -6.72. The maximum Gasteiger partial charge on any atom is 3.00 e. The predicted molar refractivity (Wildman–Crippen MR) is 99.9 cm³/mol. The molecule has 0 bridgehead atoms. The molecule has 40 heteroatoms. The fraction of sp³-hybridized carbons (Fsp3) is 1.00. The molecule has 15 nitrogen and oxygen atoms in total. The molecule has 0 amide bonds. The Bertz CT molecular complexity index is 1370. The molecule has 279 valence electrons. The second-order valence-corrected chi connectivity index (χ2v) is 16.0. The normalized spacial score (nSPS) is 15.0. The minimum Gasteiger partial charge on any atom is -0.421 e. The first-order valence-electron chi connectivity index (χ1n) is 7.72. The Kier molecular flexibility index (Phi) is 16.6. The summed E-state index contributed by atoms with van der Waals surface area (Å²) in [6, 6.07) is 0. The Labute approximate surface area is 252 Å². The van der Waals surface area contributed by atoms with E-state index in [0.29, 0.717) is 0 Å². The van der Waals surface area contributed by atoms with E-state index in [1.54, 1.807) is 0 Å². The molecule has 0 saturated carbocycles. The average Bonchev–Trinajstić information content (AvgIpc) is 2.61. The zero-order valence-electron chi connectivity index (χ0n) is 18.9. The van der Waals surface area contributed by atoms with Crippen LogP contribution in [0.25, 0.3) is 12.4 Å². The Morgan fingerprint density at radius 3 is 0.348 bits per heavy atom. The molecular formula is C6CrF18N3O12S6. The standard InChI is InChI=1S/3C2F6NO4S2.Cr/c3*3-1(4,5)14(10,11)9-15(12,13)2(6,7)8;/q3*-1;+3. The quantitative estimate of drug-likeness (QED) is 0.349. The number of sulfonamides is 6. The van der Waals surface area contributed by atoms with Crippen molar-refractivity contribution in [2.24, 2.45) is 0 Å². The van der Waals surface area contributed by atoms with E-state index < -0.39 is 93.2 Å². The van der Waals surface area contributed by atoms with E-state index in [0.717, 1.165) is 12.4 Å². The Morgan fingerprint density at radius 1 is 0.239 bits per heavy atom. The second-order valence-electron chi connectivity index (χ2n) is 5.75. The van der Waals surface area contributed by atoms with Crippen molar-refractivity contribution >= 4 is 60.1 Å². The number of alkyl halides is 18. The van der Waals surface area contributed by atoms with Crippen LogP contribution < -0.4 is 0 Å². The van der Waals surface area contributed by atoms with Crippen molar-refractivity contribution in [3.8, 4) is 0 Å². The fourth-order valence-electron chi connectivity index (χ4n) is 0.641. The van der Waals surface area contributed by atoms with Gasteiger partial charge in [0, 0.05) is 0 Å². The van der Waals surface area contributed by atoms with Crippen LogP contribution in [0.15, 0.2) is 0 Å². The van der Waals surface area contributed by atoms with Gasteiger partial charge in [0.15, 0.2) is 60.1 Å². The van der Waals surface area contributed by atoms with Crippen molar-refractivity contribution in [1.29, 1.82) is 0 Å². The van der Waals surface area contributed by atoms with Crippen LogP contribution >= 0.6 is 0 Å². The Balaban J connectivity index is -0.000000285. The van der Waals surface area contributed by atoms with Gasteiger partial charge in [-0.15, -0.1) is 0 Å². The summed E-state index contributed by atoms with van der Waals surface area (Å²) >= 11 is 0. The van der Waals surface area contributed by atoms with E-state index in [-0.39, 0.29) is 17.4 Å². The fourth-order valence-corrected chi connectivity index (χ4v) is 5.77. The molecule has 0 saturated heterocycles. The van der Waals surface area contributed by atoms with Gasteiger partial charge in [-0.3, -0.25) is 0 Å². The van der Waals surface area contributed by atoms with Gasteiger partial charge in [0.1, 0.15) is 0 Å². The van der Waals surface area contributed by atoms with Gasteiger partial charge in [-0.2, -0.15) is 79.0 Å².